The Morgan fingerprint density at radius 2 is 2.00 bits per heavy atom. The number of halogens is 1. The van der Waals surface area contributed by atoms with Gasteiger partial charge < -0.3 is 10.1 Å². The summed E-state index contributed by atoms with van der Waals surface area (Å²) in [5.41, 5.74) is 1.57. The molecule has 0 spiro atoms. The van der Waals surface area contributed by atoms with Crippen LogP contribution in [-0.4, -0.2) is 17.5 Å². The Morgan fingerprint density at radius 3 is 2.74 bits per heavy atom. The first-order chi connectivity index (χ1) is 10.9. The molecule has 0 unspecified atom stereocenters. The van der Waals surface area contributed by atoms with Gasteiger partial charge in [-0.2, -0.15) is 0 Å². The van der Waals surface area contributed by atoms with Crippen LogP contribution in [0, 0.1) is 6.92 Å². The summed E-state index contributed by atoms with van der Waals surface area (Å²) >= 11 is 6.07. The van der Waals surface area contributed by atoms with Crippen molar-refractivity contribution in [3.05, 3.63) is 64.2 Å². The number of anilines is 1. The third-order valence-electron chi connectivity index (χ3n) is 3.99. The zero-order valence-electron chi connectivity index (χ0n) is 12.9. The van der Waals surface area contributed by atoms with E-state index in [1.54, 1.807) is 31.2 Å². The summed E-state index contributed by atoms with van der Waals surface area (Å²) in [6.07, 6.45) is 0.334. The van der Waals surface area contributed by atoms with Gasteiger partial charge in [0.1, 0.15) is 0 Å². The van der Waals surface area contributed by atoms with Crippen LogP contribution in [0.1, 0.15) is 28.4 Å². The summed E-state index contributed by atoms with van der Waals surface area (Å²) < 4.78 is 5.40. The molecule has 2 aromatic rings. The van der Waals surface area contributed by atoms with Crippen molar-refractivity contribution in [1.29, 1.82) is 0 Å². The first-order valence-corrected chi connectivity index (χ1v) is 7.66. The van der Waals surface area contributed by atoms with Crippen LogP contribution >= 0.6 is 11.6 Å². The minimum atomic E-state index is -1.25. The van der Waals surface area contributed by atoms with Crippen molar-refractivity contribution in [2.75, 3.05) is 5.32 Å². The second-order valence-electron chi connectivity index (χ2n) is 5.87. The van der Waals surface area contributed by atoms with Crippen molar-refractivity contribution < 1.29 is 14.3 Å². The molecule has 0 radical (unpaired) electrons. The van der Waals surface area contributed by atoms with Crippen molar-refractivity contribution in [3.63, 3.8) is 0 Å². The fourth-order valence-electron chi connectivity index (χ4n) is 2.59. The van der Waals surface area contributed by atoms with Gasteiger partial charge in [0.05, 0.1) is 5.56 Å². The zero-order chi connectivity index (χ0) is 16.6. The summed E-state index contributed by atoms with van der Waals surface area (Å²) in [6.45, 7) is 3.50. The van der Waals surface area contributed by atoms with Crippen molar-refractivity contribution in [1.82, 2.24) is 0 Å². The summed E-state index contributed by atoms with van der Waals surface area (Å²) in [7, 11) is 0. The SMILES string of the molecule is Cc1ccc(NC(=O)[C@]2(C)Cc3ccccc3C(=O)O2)cc1Cl. The number of rotatable bonds is 2. The molecule has 1 aliphatic heterocycles. The molecule has 4 nitrogen and oxygen atoms in total. The molecule has 0 bridgehead atoms. The number of hydrogen-bond donors (Lipinski definition) is 1. The monoisotopic (exact) mass is 329 g/mol. The van der Waals surface area contributed by atoms with Gasteiger partial charge in [0.15, 0.2) is 5.60 Å². The van der Waals surface area contributed by atoms with Crippen LogP contribution in [0.4, 0.5) is 5.69 Å². The molecule has 1 heterocycles. The number of carbonyl (C=O) groups is 2. The van der Waals surface area contributed by atoms with E-state index >= 15 is 0 Å². The number of esters is 1. The third kappa shape index (κ3) is 2.94. The average Bonchev–Trinajstić information content (AvgIpc) is 2.51. The van der Waals surface area contributed by atoms with Crippen LogP contribution < -0.4 is 5.32 Å². The lowest BCUT2D eigenvalue weighted by Gasteiger charge is -2.33. The summed E-state index contributed by atoms with van der Waals surface area (Å²) in [4.78, 5) is 24.7. The molecule has 0 aliphatic carbocycles. The average molecular weight is 330 g/mol. The number of fused-ring (bicyclic) bond motifs is 1. The third-order valence-corrected chi connectivity index (χ3v) is 4.40. The summed E-state index contributed by atoms with van der Waals surface area (Å²) in [6, 6.07) is 12.4. The van der Waals surface area contributed by atoms with Crippen LogP contribution in [0.2, 0.25) is 5.02 Å². The second-order valence-corrected chi connectivity index (χ2v) is 6.28. The lowest BCUT2D eigenvalue weighted by molar-refractivity contribution is -0.134. The number of hydrogen-bond acceptors (Lipinski definition) is 3. The van der Waals surface area contributed by atoms with Gasteiger partial charge >= 0.3 is 5.97 Å². The molecule has 2 aromatic carbocycles. The largest absolute Gasteiger partial charge is 0.445 e. The summed E-state index contributed by atoms with van der Waals surface area (Å²) in [5.74, 6) is -0.855. The number of carbonyl (C=O) groups excluding carboxylic acids is 2. The van der Waals surface area contributed by atoms with Gasteiger partial charge in [0, 0.05) is 17.1 Å². The van der Waals surface area contributed by atoms with E-state index < -0.39 is 11.6 Å². The predicted octanol–water partition coefficient (Wildman–Crippen LogP) is 3.76. The van der Waals surface area contributed by atoms with E-state index in [0.717, 1.165) is 11.1 Å². The number of cyclic esters (lactones) is 1. The molecule has 0 saturated carbocycles. The molecule has 0 saturated heterocycles. The molecule has 0 fully saturated rings. The van der Waals surface area contributed by atoms with Gasteiger partial charge in [-0.15, -0.1) is 0 Å². The normalized spacial score (nSPS) is 19.7. The highest BCUT2D eigenvalue weighted by molar-refractivity contribution is 6.31. The number of ether oxygens (including phenoxy) is 1. The fraction of sp³-hybridized carbons (Fsp3) is 0.222. The van der Waals surface area contributed by atoms with Crippen molar-refractivity contribution >= 4 is 29.2 Å². The molecule has 5 heteroatoms. The minimum Gasteiger partial charge on any atom is -0.445 e. The molecule has 1 atom stereocenters. The number of amides is 1. The van der Waals surface area contributed by atoms with E-state index in [1.165, 1.54) is 0 Å². The molecule has 23 heavy (non-hydrogen) atoms. The van der Waals surface area contributed by atoms with Gasteiger partial charge in [-0.3, -0.25) is 4.79 Å². The van der Waals surface area contributed by atoms with Gasteiger partial charge in [-0.05, 0) is 43.2 Å². The van der Waals surface area contributed by atoms with Crippen LogP contribution in [0.5, 0.6) is 0 Å². The standard InChI is InChI=1S/C18H16ClNO3/c1-11-7-8-13(9-15(11)19)20-17(22)18(2)10-12-5-3-4-6-14(12)16(21)23-18/h3-9H,10H2,1-2H3,(H,20,22)/t18-/m0/s1. The molecule has 118 valence electrons. The van der Waals surface area contributed by atoms with E-state index in [1.807, 2.05) is 25.1 Å². The van der Waals surface area contributed by atoms with E-state index in [9.17, 15) is 9.59 Å². The van der Waals surface area contributed by atoms with Crippen LogP contribution in [-0.2, 0) is 16.0 Å². The van der Waals surface area contributed by atoms with Crippen molar-refractivity contribution in [2.45, 2.75) is 25.9 Å². The van der Waals surface area contributed by atoms with Gasteiger partial charge in [0.25, 0.3) is 5.91 Å². The van der Waals surface area contributed by atoms with E-state index in [4.69, 9.17) is 16.3 Å². The highest BCUT2D eigenvalue weighted by Gasteiger charge is 2.42. The van der Waals surface area contributed by atoms with E-state index in [2.05, 4.69) is 5.32 Å². The smallest absolute Gasteiger partial charge is 0.339 e. The van der Waals surface area contributed by atoms with E-state index in [-0.39, 0.29) is 5.91 Å². The highest BCUT2D eigenvalue weighted by atomic mass is 35.5. The Hall–Kier alpha value is -2.33. The Bertz CT molecular complexity index is 803. The Labute approximate surface area is 139 Å². The topological polar surface area (TPSA) is 55.4 Å². The number of aryl methyl sites for hydroxylation is 1. The molecule has 0 aromatic heterocycles. The van der Waals surface area contributed by atoms with E-state index in [0.29, 0.717) is 22.7 Å². The quantitative estimate of drug-likeness (QED) is 0.853. The van der Waals surface area contributed by atoms with Gasteiger partial charge in [-0.1, -0.05) is 35.9 Å². The Kier molecular flexibility index (Phi) is 3.86. The number of benzene rings is 2. The molecule has 1 aliphatic rings. The molecule has 3 rings (SSSR count). The number of nitrogens with one attached hydrogen (secondary N) is 1. The first kappa shape index (κ1) is 15.6. The Balaban J connectivity index is 1.84. The second kappa shape index (κ2) is 5.70. The molecule has 1 N–H and O–H groups in total. The lowest BCUT2D eigenvalue weighted by atomic mass is 9.89. The Morgan fingerprint density at radius 1 is 1.26 bits per heavy atom. The maximum atomic E-state index is 12.6. The highest BCUT2D eigenvalue weighted by Crippen LogP contribution is 2.29. The van der Waals surface area contributed by atoms with Crippen LogP contribution in [0.15, 0.2) is 42.5 Å². The fourth-order valence-corrected chi connectivity index (χ4v) is 2.77. The summed E-state index contributed by atoms with van der Waals surface area (Å²) in [5, 5.41) is 3.34. The molecule has 1 amide bonds. The first-order valence-electron chi connectivity index (χ1n) is 7.28. The van der Waals surface area contributed by atoms with Gasteiger partial charge in [0.2, 0.25) is 0 Å². The zero-order valence-corrected chi connectivity index (χ0v) is 13.6. The molecular formula is C18H16ClNO3. The van der Waals surface area contributed by atoms with Gasteiger partial charge in [-0.25, -0.2) is 4.79 Å². The van der Waals surface area contributed by atoms with Crippen molar-refractivity contribution in [2.24, 2.45) is 0 Å². The minimum absolute atomic E-state index is 0.334. The maximum Gasteiger partial charge on any atom is 0.339 e. The predicted molar refractivity (Wildman–Crippen MR) is 88.8 cm³/mol. The van der Waals surface area contributed by atoms with Crippen LogP contribution in [0.3, 0.4) is 0 Å². The molecular weight excluding hydrogens is 314 g/mol. The van der Waals surface area contributed by atoms with Crippen LogP contribution in [0.25, 0.3) is 0 Å². The maximum absolute atomic E-state index is 12.6. The lowest BCUT2D eigenvalue weighted by Crippen LogP contribution is -2.48. The van der Waals surface area contributed by atoms with Crippen molar-refractivity contribution in [3.8, 4) is 0 Å².